The van der Waals surface area contributed by atoms with E-state index in [-0.39, 0.29) is 5.91 Å². The molecule has 1 amide bonds. The minimum Gasteiger partial charge on any atom is -0.459 e. The van der Waals surface area contributed by atoms with E-state index < -0.39 is 0 Å². The maximum absolute atomic E-state index is 11.6. The Hall–Kier alpha value is -0.770. The van der Waals surface area contributed by atoms with E-state index in [1.54, 1.807) is 6.07 Å². The van der Waals surface area contributed by atoms with Gasteiger partial charge in [0.2, 0.25) is 0 Å². The summed E-state index contributed by atoms with van der Waals surface area (Å²) in [6.45, 7) is 4.61. The number of aryl methyl sites for hydroxylation is 1. The molecule has 0 fully saturated rings. The fourth-order valence-corrected chi connectivity index (χ4v) is 1.92. The zero-order chi connectivity index (χ0) is 11.3. The molecule has 1 aromatic rings. The highest BCUT2D eigenvalue weighted by Gasteiger charge is 2.13. The molecule has 1 aromatic heterocycles. The summed E-state index contributed by atoms with van der Waals surface area (Å²) in [7, 11) is 0. The van der Waals surface area contributed by atoms with E-state index in [2.05, 4.69) is 28.2 Å². The molecule has 0 radical (unpaired) electrons. The molecule has 0 bridgehead atoms. The number of rotatable bonds is 5. The molecule has 1 atom stereocenters. The monoisotopic (exact) mass is 273 g/mol. The number of furan rings is 1. The maximum atomic E-state index is 11.6. The maximum Gasteiger partial charge on any atom is 0.287 e. The average molecular weight is 274 g/mol. The van der Waals surface area contributed by atoms with Gasteiger partial charge in [-0.15, -0.1) is 0 Å². The lowest BCUT2D eigenvalue weighted by Crippen LogP contribution is -2.29. The van der Waals surface area contributed by atoms with E-state index in [4.69, 9.17) is 4.42 Å². The molecule has 0 aliphatic heterocycles. The fourth-order valence-electron chi connectivity index (χ4n) is 1.30. The second-order valence-corrected chi connectivity index (χ2v) is 4.82. The minimum absolute atomic E-state index is 0.141. The summed E-state index contributed by atoms with van der Waals surface area (Å²) in [4.78, 5) is 11.9. The summed E-state index contributed by atoms with van der Waals surface area (Å²) < 4.78 is 5.09. The van der Waals surface area contributed by atoms with Crippen molar-refractivity contribution in [1.29, 1.82) is 0 Å². The van der Waals surface area contributed by atoms with Crippen LogP contribution >= 0.6 is 15.9 Å². The standard InChI is InChI=1S/C11H16BrNO2/c1-3-4-9(12)7-13-11(14)10-8(2)5-6-15-10/h5-6,9H,3-4,7H2,1-2H3,(H,13,14). The van der Waals surface area contributed by atoms with E-state index in [9.17, 15) is 4.79 Å². The number of carbonyl (C=O) groups is 1. The molecule has 0 aliphatic carbocycles. The van der Waals surface area contributed by atoms with Gasteiger partial charge < -0.3 is 9.73 Å². The molecule has 0 aromatic carbocycles. The van der Waals surface area contributed by atoms with Gasteiger partial charge in [0.15, 0.2) is 5.76 Å². The van der Waals surface area contributed by atoms with Gasteiger partial charge in [0.05, 0.1) is 6.26 Å². The third kappa shape index (κ3) is 3.70. The van der Waals surface area contributed by atoms with Crippen LogP contribution in [0.5, 0.6) is 0 Å². The van der Waals surface area contributed by atoms with Gasteiger partial charge in [0.1, 0.15) is 0 Å². The van der Waals surface area contributed by atoms with Gasteiger partial charge in [-0.3, -0.25) is 4.79 Å². The van der Waals surface area contributed by atoms with Crippen molar-refractivity contribution in [3.05, 3.63) is 23.7 Å². The predicted molar refractivity (Wildman–Crippen MR) is 63.4 cm³/mol. The number of hydrogen-bond acceptors (Lipinski definition) is 2. The number of alkyl halides is 1. The zero-order valence-corrected chi connectivity index (χ0v) is 10.6. The van der Waals surface area contributed by atoms with Gasteiger partial charge in [0, 0.05) is 16.9 Å². The van der Waals surface area contributed by atoms with Crippen molar-refractivity contribution < 1.29 is 9.21 Å². The summed E-state index contributed by atoms with van der Waals surface area (Å²) in [6, 6.07) is 1.78. The summed E-state index contributed by atoms with van der Waals surface area (Å²) in [5.41, 5.74) is 0.870. The second kappa shape index (κ2) is 5.95. The van der Waals surface area contributed by atoms with Crippen LogP contribution in [0.15, 0.2) is 16.7 Å². The van der Waals surface area contributed by atoms with Crippen molar-refractivity contribution in [3.8, 4) is 0 Å². The second-order valence-electron chi connectivity index (χ2n) is 3.53. The Labute approximate surface area is 98.4 Å². The fraction of sp³-hybridized carbons (Fsp3) is 0.545. The highest BCUT2D eigenvalue weighted by molar-refractivity contribution is 9.09. The van der Waals surface area contributed by atoms with Crippen LogP contribution in [0.4, 0.5) is 0 Å². The van der Waals surface area contributed by atoms with Gasteiger partial charge in [-0.05, 0) is 19.4 Å². The Morgan fingerprint density at radius 1 is 1.67 bits per heavy atom. The highest BCUT2D eigenvalue weighted by Crippen LogP contribution is 2.10. The summed E-state index contributed by atoms with van der Waals surface area (Å²) in [5, 5.41) is 2.83. The quantitative estimate of drug-likeness (QED) is 0.839. The number of hydrogen-bond donors (Lipinski definition) is 1. The topological polar surface area (TPSA) is 42.2 Å². The minimum atomic E-state index is -0.141. The molecule has 15 heavy (non-hydrogen) atoms. The number of carbonyl (C=O) groups excluding carboxylic acids is 1. The van der Waals surface area contributed by atoms with Crippen molar-refractivity contribution in [2.75, 3.05) is 6.54 Å². The Morgan fingerprint density at radius 3 is 2.93 bits per heavy atom. The largest absolute Gasteiger partial charge is 0.459 e. The molecule has 0 spiro atoms. The predicted octanol–water partition coefficient (Wildman–Crippen LogP) is 2.88. The van der Waals surface area contributed by atoms with Crippen LogP contribution < -0.4 is 5.32 Å². The van der Waals surface area contributed by atoms with Crippen molar-refractivity contribution in [2.24, 2.45) is 0 Å². The lowest BCUT2D eigenvalue weighted by atomic mass is 10.2. The normalized spacial score (nSPS) is 12.5. The third-order valence-electron chi connectivity index (χ3n) is 2.15. The smallest absolute Gasteiger partial charge is 0.287 e. The van der Waals surface area contributed by atoms with Crippen LogP contribution in [0.25, 0.3) is 0 Å². The Balaban J connectivity index is 2.40. The molecule has 0 saturated carbocycles. The molecule has 4 heteroatoms. The molecule has 1 unspecified atom stereocenters. The van der Waals surface area contributed by atoms with E-state index in [0.717, 1.165) is 18.4 Å². The average Bonchev–Trinajstić information content (AvgIpc) is 2.61. The van der Waals surface area contributed by atoms with E-state index >= 15 is 0 Å². The van der Waals surface area contributed by atoms with Crippen LogP contribution in [-0.2, 0) is 0 Å². The van der Waals surface area contributed by atoms with Crippen LogP contribution in [-0.4, -0.2) is 17.3 Å². The Kier molecular flexibility index (Phi) is 4.88. The molecule has 0 aliphatic rings. The molecule has 84 valence electrons. The Morgan fingerprint density at radius 2 is 2.40 bits per heavy atom. The van der Waals surface area contributed by atoms with E-state index in [0.29, 0.717) is 17.1 Å². The lowest BCUT2D eigenvalue weighted by Gasteiger charge is -2.09. The van der Waals surface area contributed by atoms with E-state index in [1.807, 2.05) is 6.92 Å². The molecular weight excluding hydrogens is 258 g/mol. The lowest BCUT2D eigenvalue weighted by molar-refractivity contribution is 0.0925. The van der Waals surface area contributed by atoms with Crippen molar-refractivity contribution in [3.63, 3.8) is 0 Å². The van der Waals surface area contributed by atoms with Crippen LogP contribution in [0.3, 0.4) is 0 Å². The summed E-state index contributed by atoms with van der Waals surface area (Å²) in [6.07, 6.45) is 3.69. The zero-order valence-electron chi connectivity index (χ0n) is 9.05. The van der Waals surface area contributed by atoms with Crippen molar-refractivity contribution in [1.82, 2.24) is 5.32 Å². The van der Waals surface area contributed by atoms with Gasteiger partial charge in [0.25, 0.3) is 5.91 Å². The molecule has 1 N–H and O–H groups in total. The molecule has 1 heterocycles. The number of amides is 1. The van der Waals surface area contributed by atoms with Crippen LogP contribution in [0.2, 0.25) is 0 Å². The van der Waals surface area contributed by atoms with Crippen LogP contribution in [0, 0.1) is 6.92 Å². The first-order valence-corrected chi connectivity index (χ1v) is 6.03. The first kappa shape index (κ1) is 12.3. The van der Waals surface area contributed by atoms with Gasteiger partial charge >= 0.3 is 0 Å². The van der Waals surface area contributed by atoms with Crippen molar-refractivity contribution >= 4 is 21.8 Å². The summed E-state index contributed by atoms with van der Waals surface area (Å²) >= 11 is 3.50. The number of halogens is 1. The molecule has 3 nitrogen and oxygen atoms in total. The SMILES string of the molecule is CCCC(Br)CNC(=O)c1occc1C. The highest BCUT2D eigenvalue weighted by atomic mass is 79.9. The first-order valence-electron chi connectivity index (χ1n) is 5.11. The van der Waals surface area contributed by atoms with Gasteiger partial charge in [-0.1, -0.05) is 29.3 Å². The molecule has 0 saturated heterocycles. The van der Waals surface area contributed by atoms with Gasteiger partial charge in [-0.2, -0.15) is 0 Å². The molecular formula is C11H16BrNO2. The van der Waals surface area contributed by atoms with Crippen molar-refractivity contribution in [2.45, 2.75) is 31.5 Å². The van der Waals surface area contributed by atoms with E-state index in [1.165, 1.54) is 6.26 Å². The third-order valence-corrected chi connectivity index (χ3v) is 2.94. The molecule has 1 rings (SSSR count). The number of nitrogens with one attached hydrogen (secondary N) is 1. The van der Waals surface area contributed by atoms with Crippen LogP contribution in [0.1, 0.15) is 35.9 Å². The first-order chi connectivity index (χ1) is 7.15. The van der Waals surface area contributed by atoms with Gasteiger partial charge in [-0.25, -0.2) is 0 Å². The summed E-state index contributed by atoms with van der Waals surface area (Å²) in [5.74, 6) is 0.268. The Bertz CT molecular complexity index is 322.